The van der Waals surface area contributed by atoms with E-state index in [1.165, 1.54) is 109 Å². The molecule has 0 saturated carbocycles. The van der Waals surface area contributed by atoms with Gasteiger partial charge in [-0.05, 0) is 12.3 Å². The number of aliphatic carboxylic acids is 1. The fraction of sp³-hybridized carbons (Fsp3) is 0.938. The van der Waals surface area contributed by atoms with E-state index in [0.717, 1.165) is 25.2 Å². The number of quaternary nitrogens is 1. The van der Waals surface area contributed by atoms with Crippen LogP contribution in [0.4, 0.5) is 0 Å². The highest BCUT2D eigenvalue weighted by Gasteiger charge is 2.22. The van der Waals surface area contributed by atoms with Gasteiger partial charge in [0, 0.05) is 18.8 Å². The molecule has 0 aromatic heterocycles. The number of nitrogens with zero attached hydrogens (tertiary/aromatic N) is 1. The number of unbranched alkanes of at least 4 members (excludes halogenated alkanes) is 16. The van der Waals surface area contributed by atoms with Crippen LogP contribution >= 0.6 is 0 Å². The topological polar surface area (TPSA) is 66.4 Å². The molecule has 220 valence electrons. The number of likely N-dealkylation sites (N-methyl/N-ethyl adjacent to an activating group) is 1. The van der Waals surface area contributed by atoms with Gasteiger partial charge in [-0.2, -0.15) is 0 Å². The van der Waals surface area contributed by atoms with Gasteiger partial charge >= 0.3 is 5.97 Å². The van der Waals surface area contributed by atoms with Crippen molar-refractivity contribution in [2.45, 2.75) is 161 Å². The van der Waals surface area contributed by atoms with Crippen molar-refractivity contribution in [3.8, 4) is 0 Å². The Labute approximate surface area is 230 Å². The number of rotatable bonds is 27. The first-order chi connectivity index (χ1) is 17.6. The number of carboxylic acid groups (broad SMARTS) is 1. The highest BCUT2D eigenvalue weighted by Crippen LogP contribution is 2.19. The van der Waals surface area contributed by atoms with E-state index in [1.54, 1.807) is 0 Å². The third kappa shape index (κ3) is 27.7. The van der Waals surface area contributed by atoms with Gasteiger partial charge in [-0.3, -0.25) is 4.79 Å². The summed E-state index contributed by atoms with van der Waals surface area (Å²) in [6, 6.07) is 0. The molecule has 0 aliphatic heterocycles. The Morgan fingerprint density at radius 3 is 1.49 bits per heavy atom. The molecule has 0 fully saturated rings. The van der Waals surface area contributed by atoms with Crippen molar-refractivity contribution in [2.24, 2.45) is 5.92 Å². The van der Waals surface area contributed by atoms with Crippen LogP contribution in [0.3, 0.4) is 0 Å². The van der Waals surface area contributed by atoms with E-state index in [2.05, 4.69) is 13.8 Å². The molecule has 5 heteroatoms. The second-order valence-electron chi connectivity index (χ2n) is 12.6. The molecule has 0 aromatic carbocycles. The van der Waals surface area contributed by atoms with E-state index in [1.807, 2.05) is 21.1 Å². The molecule has 0 aliphatic carbocycles. The Hall–Kier alpha value is -1.10. The molecule has 37 heavy (non-hydrogen) atoms. The first-order valence-corrected chi connectivity index (χ1v) is 15.8. The summed E-state index contributed by atoms with van der Waals surface area (Å²) in [4.78, 5) is 23.1. The fourth-order valence-electron chi connectivity index (χ4n) is 5.13. The second kappa shape index (κ2) is 24.0. The van der Waals surface area contributed by atoms with Gasteiger partial charge in [0.25, 0.3) is 0 Å². The zero-order valence-corrected chi connectivity index (χ0v) is 25.5. The molecular weight excluding hydrogens is 462 g/mol. The van der Waals surface area contributed by atoms with E-state index in [0.29, 0.717) is 17.4 Å². The van der Waals surface area contributed by atoms with E-state index >= 15 is 0 Å². The van der Waals surface area contributed by atoms with Gasteiger partial charge < -0.3 is 19.1 Å². The molecule has 0 N–H and O–H groups in total. The number of hydrogen-bond acceptors (Lipinski definition) is 4. The summed E-state index contributed by atoms with van der Waals surface area (Å²) in [5, 5.41) is 10.9. The lowest BCUT2D eigenvalue weighted by atomic mass is 9.96. The quantitative estimate of drug-likeness (QED) is 0.0629. The van der Waals surface area contributed by atoms with Crippen LogP contribution in [-0.4, -0.2) is 50.2 Å². The summed E-state index contributed by atoms with van der Waals surface area (Å²) in [6.07, 6.45) is 26.1. The van der Waals surface area contributed by atoms with Crippen LogP contribution in [0.1, 0.15) is 155 Å². The Bertz CT molecular complexity index is 543. The van der Waals surface area contributed by atoms with E-state index < -0.39 is 12.1 Å². The lowest BCUT2D eigenvalue weighted by Crippen LogP contribution is -2.45. The summed E-state index contributed by atoms with van der Waals surface area (Å²) < 4.78 is 5.96. The Balaban J connectivity index is 3.55. The minimum atomic E-state index is -1.17. The smallest absolute Gasteiger partial charge is 0.306 e. The van der Waals surface area contributed by atoms with Crippen LogP contribution in [-0.2, 0) is 14.3 Å². The highest BCUT2D eigenvalue weighted by atomic mass is 16.5. The van der Waals surface area contributed by atoms with Gasteiger partial charge in [0.15, 0.2) is 6.10 Å². The van der Waals surface area contributed by atoms with Gasteiger partial charge in [0.05, 0.1) is 21.1 Å². The number of esters is 1. The molecule has 0 aromatic rings. The summed E-state index contributed by atoms with van der Waals surface area (Å²) >= 11 is 0. The predicted octanol–water partition coefficient (Wildman–Crippen LogP) is 7.59. The Morgan fingerprint density at radius 1 is 0.676 bits per heavy atom. The van der Waals surface area contributed by atoms with Crippen molar-refractivity contribution >= 4 is 11.9 Å². The van der Waals surface area contributed by atoms with Crippen LogP contribution in [0.25, 0.3) is 0 Å². The molecule has 0 spiro atoms. The molecule has 5 nitrogen and oxygen atoms in total. The number of hydrogen-bond donors (Lipinski definition) is 0. The highest BCUT2D eigenvalue weighted by molar-refractivity contribution is 5.70. The molecule has 0 saturated heterocycles. The van der Waals surface area contributed by atoms with Crippen molar-refractivity contribution in [3.63, 3.8) is 0 Å². The fourth-order valence-corrected chi connectivity index (χ4v) is 5.13. The summed E-state index contributed by atoms with van der Waals surface area (Å²) in [6.45, 7) is 5.15. The monoisotopic (exact) mass is 525 g/mol. The summed E-state index contributed by atoms with van der Waals surface area (Å²) in [7, 11) is 5.86. The predicted molar refractivity (Wildman–Crippen MR) is 154 cm³/mol. The van der Waals surface area contributed by atoms with Crippen molar-refractivity contribution < 1.29 is 23.9 Å². The maximum Gasteiger partial charge on any atom is 0.306 e. The van der Waals surface area contributed by atoms with Gasteiger partial charge in [-0.25, -0.2) is 0 Å². The lowest BCUT2D eigenvalue weighted by molar-refractivity contribution is -0.873. The van der Waals surface area contributed by atoms with Crippen molar-refractivity contribution in [2.75, 3.05) is 27.7 Å². The Kier molecular flexibility index (Phi) is 23.3. The van der Waals surface area contributed by atoms with Gasteiger partial charge in [-0.15, -0.1) is 0 Å². The average Bonchev–Trinajstić information content (AvgIpc) is 2.79. The maximum atomic E-state index is 12.1. The normalized spacial score (nSPS) is 13.4. The first kappa shape index (κ1) is 35.9. The average molecular weight is 526 g/mol. The van der Waals surface area contributed by atoms with Crippen LogP contribution in [0.2, 0.25) is 0 Å². The molecular formula is C32H63NO4. The third-order valence-corrected chi connectivity index (χ3v) is 7.32. The minimum absolute atomic E-state index is 0.237. The summed E-state index contributed by atoms with van der Waals surface area (Å²) in [5.74, 6) is -0.634. The number of carbonyl (C=O) groups excluding carboxylic acids is 2. The van der Waals surface area contributed by atoms with Crippen molar-refractivity contribution in [3.05, 3.63) is 0 Å². The molecule has 0 rings (SSSR count). The van der Waals surface area contributed by atoms with Gasteiger partial charge in [0.1, 0.15) is 6.54 Å². The maximum absolute atomic E-state index is 12.1. The molecule has 2 atom stereocenters. The van der Waals surface area contributed by atoms with E-state index in [9.17, 15) is 14.7 Å². The minimum Gasteiger partial charge on any atom is -0.550 e. The zero-order chi connectivity index (χ0) is 27.8. The lowest BCUT2D eigenvalue weighted by Gasteiger charge is -2.29. The molecule has 0 heterocycles. The van der Waals surface area contributed by atoms with Crippen LogP contribution in [0, 0.1) is 5.92 Å². The number of carbonyl (C=O) groups is 2. The van der Waals surface area contributed by atoms with Gasteiger partial charge in [-0.1, -0.05) is 136 Å². The van der Waals surface area contributed by atoms with Gasteiger partial charge in [0.2, 0.25) is 0 Å². The number of ether oxygens (including phenoxy) is 1. The van der Waals surface area contributed by atoms with E-state index in [4.69, 9.17) is 4.74 Å². The zero-order valence-electron chi connectivity index (χ0n) is 25.5. The number of carboxylic acids is 1. The molecule has 0 amide bonds. The molecule has 0 aliphatic rings. The summed E-state index contributed by atoms with van der Waals surface area (Å²) in [5.41, 5.74) is 0. The largest absolute Gasteiger partial charge is 0.550 e. The van der Waals surface area contributed by atoms with Crippen LogP contribution in [0.5, 0.6) is 0 Å². The molecule has 0 radical (unpaired) electrons. The molecule has 2 unspecified atom stereocenters. The molecule has 0 bridgehead atoms. The third-order valence-electron chi connectivity index (χ3n) is 7.32. The second-order valence-corrected chi connectivity index (χ2v) is 12.6. The Morgan fingerprint density at radius 2 is 1.08 bits per heavy atom. The van der Waals surface area contributed by atoms with Crippen molar-refractivity contribution in [1.82, 2.24) is 0 Å². The van der Waals surface area contributed by atoms with Crippen LogP contribution < -0.4 is 5.11 Å². The first-order valence-electron chi connectivity index (χ1n) is 15.8. The van der Waals surface area contributed by atoms with Crippen LogP contribution in [0.15, 0.2) is 0 Å². The van der Waals surface area contributed by atoms with Crippen molar-refractivity contribution in [1.29, 1.82) is 0 Å². The van der Waals surface area contributed by atoms with E-state index in [-0.39, 0.29) is 12.4 Å². The standard InChI is InChI=1S/C32H63NO4/c1-6-7-8-9-10-11-12-13-14-15-16-18-21-24-29(2)25-22-19-17-20-23-26-32(36)37-30(27-31(34)35)28-33(3,4)5/h29-30H,6-28H2,1-5H3. The SMILES string of the molecule is CCCCCCCCCCCCCCCC(C)CCCCCCCC(=O)OC(CC(=O)[O-])C[N+](C)(C)C.